The van der Waals surface area contributed by atoms with Gasteiger partial charge in [0.1, 0.15) is 4.21 Å². The summed E-state index contributed by atoms with van der Waals surface area (Å²) in [6.45, 7) is 1.66. The Morgan fingerprint density at radius 2 is 1.95 bits per heavy atom. The zero-order valence-corrected chi connectivity index (χ0v) is 11.7. The molecule has 2 N–H and O–H groups in total. The molecule has 0 amide bonds. The van der Waals surface area contributed by atoms with Crippen molar-refractivity contribution in [1.29, 1.82) is 0 Å². The number of nitrogens with one attached hydrogen (secondary N) is 1. The first-order valence-electron chi connectivity index (χ1n) is 5.38. The fourth-order valence-corrected chi connectivity index (χ4v) is 3.51. The Labute approximate surface area is 115 Å². The largest absolute Gasteiger partial charge is 0.411 e. The maximum atomic E-state index is 12.0. The summed E-state index contributed by atoms with van der Waals surface area (Å²) in [5.41, 5.74) is 1.65. The Morgan fingerprint density at radius 1 is 1.26 bits per heavy atom. The fourth-order valence-electron chi connectivity index (χ4n) is 1.46. The predicted octanol–water partition coefficient (Wildman–Crippen LogP) is 2.75. The van der Waals surface area contributed by atoms with Crippen LogP contribution in [0, 0.1) is 0 Å². The molecule has 1 aromatic heterocycles. The highest BCUT2D eigenvalue weighted by Gasteiger charge is 2.14. The van der Waals surface area contributed by atoms with Crippen LogP contribution in [0.5, 0.6) is 0 Å². The Balaban J connectivity index is 2.21. The molecular formula is C12H12N2O3S2. The van der Waals surface area contributed by atoms with Crippen molar-refractivity contribution in [1.82, 2.24) is 0 Å². The number of rotatable bonds is 4. The van der Waals surface area contributed by atoms with E-state index in [-0.39, 0.29) is 4.21 Å². The number of sulfonamides is 1. The summed E-state index contributed by atoms with van der Waals surface area (Å²) < 4.78 is 26.7. The zero-order valence-electron chi connectivity index (χ0n) is 10.1. The van der Waals surface area contributed by atoms with Gasteiger partial charge in [0.25, 0.3) is 10.0 Å². The molecule has 100 valence electrons. The lowest BCUT2D eigenvalue weighted by molar-refractivity contribution is 0.319. The van der Waals surface area contributed by atoms with Gasteiger partial charge < -0.3 is 5.21 Å². The molecule has 1 heterocycles. The van der Waals surface area contributed by atoms with Crippen molar-refractivity contribution in [3.63, 3.8) is 0 Å². The summed E-state index contributed by atoms with van der Waals surface area (Å²) in [5.74, 6) is 0. The molecule has 1 aromatic carbocycles. The lowest BCUT2D eigenvalue weighted by atomic mass is 10.1. The Kier molecular flexibility index (Phi) is 3.87. The van der Waals surface area contributed by atoms with Gasteiger partial charge in [0, 0.05) is 5.69 Å². The first-order chi connectivity index (χ1) is 9.03. The third-order valence-corrected chi connectivity index (χ3v) is 5.24. The van der Waals surface area contributed by atoms with E-state index in [1.807, 2.05) is 0 Å². The highest BCUT2D eigenvalue weighted by molar-refractivity contribution is 7.94. The third kappa shape index (κ3) is 3.12. The molecule has 0 fully saturated rings. The lowest BCUT2D eigenvalue weighted by Crippen LogP contribution is -2.11. The summed E-state index contributed by atoms with van der Waals surface area (Å²) in [7, 11) is -3.52. The molecule has 0 unspecified atom stereocenters. The highest BCUT2D eigenvalue weighted by atomic mass is 32.2. The molecule has 2 rings (SSSR count). The van der Waals surface area contributed by atoms with Crippen LogP contribution >= 0.6 is 11.3 Å². The van der Waals surface area contributed by atoms with Crippen LogP contribution in [0.25, 0.3) is 0 Å². The molecule has 0 aliphatic carbocycles. The topological polar surface area (TPSA) is 78.8 Å². The average Bonchev–Trinajstić information content (AvgIpc) is 2.93. The molecule has 0 aliphatic rings. The van der Waals surface area contributed by atoms with E-state index in [0.29, 0.717) is 11.4 Å². The monoisotopic (exact) mass is 296 g/mol. The van der Waals surface area contributed by atoms with Crippen molar-refractivity contribution < 1.29 is 13.6 Å². The van der Waals surface area contributed by atoms with Crippen LogP contribution in [0.3, 0.4) is 0 Å². The van der Waals surface area contributed by atoms with E-state index in [1.54, 1.807) is 48.7 Å². The summed E-state index contributed by atoms with van der Waals surface area (Å²) in [4.78, 5) is 0. The molecular weight excluding hydrogens is 284 g/mol. The van der Waals surface area contributed by atoms with Gasteiger partial charge in [0.2, 0.25) is 0 Å². The number of hydrogen-bond donors (Lipinski definition) is 2. The minimum absolute atomic E-state index is 0.268. The maximum Gasteiger partial charge on any atom is 0.271 e. The van der Waals surface area contributed by atoms with Crippen LogP contribution in [0.2, 0.25) is 0 Å². The number of thiophene rings is 1. The molecule has 0 radical (unpaired) electrons. The van der Waals surface area contributed by atoms with E-state index in [0.717, 1.165) is 16.9 Å². The molecule has 7 heteroatoms. The number of oxime groups is 1. The average molecular weight is 296 g/mol. The van der Waals surface area contributed by atoms with E-state index < -0.39 is 10.0 Å². The Hall–Kier alpha value is -1.86. The second kappa shape index (κ2) is 5.41. The molecule has 19 heavy (non-hydrogen) atoms. The molecule has 0 aliphatic heterocycles. The fraction of sp³-hybridized carbons (Fsp3) is 0.0833. The molecule has 0 bridgehead atoms. The molecule has 2 aromatic rings. The van der Waals surface area contributed by atoms with Gasteiger partial charge in [0.15, 0.2) is 0 Å². The minimum atomic E-state index is -3.52. The highest BCUT2D eigenvalue weighted by Crippen LogP contribution is 2.20. The van der Waals surface area contributed by atoms with Crippen LogP contribution in [0.1, 0.15) is 12.5 Å². The molecule has 5 nitrogen and oxygen atoms in total. The second-order valence-electron chi connectivity index (χ2n) is 3.80. The summed E-state index contributed by atoms with van der Waals surface area (Å²) in [6, 6.07) is 9.83. The van der Waals surface area contributed by atoms with Crippen molar-refractivity contribution in [3.8, 4) is 0 Å². The van der Waals surface area contributed by atoms with E-state index >= 15 is 0 Å². The molecule has 0 spiro atoms. The summed E-state index contributed by atoms with van der Waals surface area (Å²) in [6.07, 6.45) is 0. The first-order valence-corrected chi connectivity index (χ1v) is 7.74. The smallest absolute Gasteiger partial charge is 0.271 e. The van der Waals surface area contributed by atoms with Gasteiger partial charge in [-0.1, -0.05) is 23.4 Å². The van der Waals surface area contributed by atoms with Crippen molar-refractivity contribution in [3.05, 3.63) is 47.3 Å². The van der Waals surface area contributed by atoms with Gasteiger partial charge in [-0.2, -0.15) is 0 Å². The van der Waals surface area contributed by atoms with Gasteiger partial charge >= 0.3 is 0 Å². The van der Waals surface area contributed by atoms with Crippen molar-refractivity contribution >= 4 is 32.8 Å². The normalized spacial score (nSPS) is 12.4. The molecule has 0 saturated heterocycles. The van der Waals surface area contributed by atoms with Crippen molar-refractivity contribution in [2.45, 2.75) is 11.1 Å². The summed E-state index contributed by atoms with van der Waals surface area (Å²) in [5, 5.41) is 13.4. The van der Waals surface area contributed by atoms with E-state index in [9.17, 15) is 8.42 Å². The quantitative estimate of drug-likeness (QED) is 0.517. The second-order valence-corrected chi connectivity index (χ2v) is 6.66. The SMILES string of the molecule is C/C(=N\O)c1ccc(NS(=O)(=O)c2cccs2)cc1. The van der Waals surface area contributed by atoms with Crippen LogP contribution in [0.4, 0.5) is 5.69 Å². The van der Waals surface area contributed by atoms with E-state index in [2.05, 4.69) is 9.88 Å². The Bertz CT molecular complexity index is 674. The number of nitrogens with zero attached hydrogens (tertiary/aromatic N) is 1. The van der Waals surface area contributed by atoms with Gasteiger partial charge in [-0.25, -0.2) is 8.42 Å². The van der Waals surface area contributed by atoms with Crippen LogP contribution in [-0.4, -0.2) is 19.3 Å². The van der Waals surface area contributed by atoms with E-state index in [1.165, 1.54) is 0 Å². The van der Waals surface area contributed by atoms with Crippen molar-refractivity contribution in [2.75, 3.05) is 4.72 Å². The number of benzene rings is 1. The third-order valence-electron chi connectivity index (χ3n) is 2.46. The molecule has 0 saturated carbocycles. The lowest BCUT2D eigenvalue weighted by Gasteiger charge is -2.06. The van der Waals surface area contributed by atoms with Crippen molar-refractivity contribution in [2.24, 2.45) is 5.16 Å². The van der Waals surface area contributed by atoms with Gasteiger partial charge in [-0.05, 0) is 36.1 Å². The predicted molar refractivity (Wildman–Crippen MR) is 75.6 cm³/mol. The Morgan fingerprint density at radius 3 is 2.47 bits per heavy atom. The molecule has 0 atom stereocenters. The summed E-state index contributed by atoms with van der Waals surface area (Å²) >= 11 is 1.16. The first kappa shape index (κ1) is 13.6. The number of hydrogen-bond acceptors (Lipinski definition) is 5. The van der Waals surface area contributed by atoms with Crippen LogP contribution in [-0.2, 0) is 10.0 Å². The maximum absolute atomic E-state index is 12.0. The van der Waals surface area contributed by atoms with Gasteiger partial charge in [0.05, 0.1) is 5.71 Å². The standard InChI is InChI=1S/C12H12N2O3S2/c1-9(13-15)10-4-6-11(7-5-10)14-19(16,17)12-3-2-8-18-12/h2-8,14-15H,1H3/b13-9+. The van der Waals surface area contributed by atoms with Crippen LogP contribution in [0.15, 0.2) is 51.1 Å². The number of anilines is 1. The minimum Gasteiger partial charge on any atom is -0.411 e. The van der Waals surface area contributed by atoms with Crippen LogP contribution < -0.4 is 4.72 Å². The van der Waals surface area contributed by atoms with Gasteiger partial charge in [-0.3, -0.25) is 4.72 Å². The van der Waals surface area contributed by atoms with Gasteiger partial charge in [-0.15, -0.1) is 11.3 Å². The van der Waals surface area contributed by atoms with E-state index in [4.69, 9.17) is 5.21 Å². The zero-order chi connectivity index (χ0) is 13.9.